The second-order valence-electron chi connectivity index (χ2n) is 13.6. The zero-order chi connectivity index (χ0) is 50.9. The largest absolute Gasteiger partial charge is 0.396 e. The summed E-state index contributed by atoms with van der Waals surface area (Å²) in [4.78, 5) is 100. The number of nitrogen functional groups attached to an aromatic ring is 1. The van der Waals surface area contributed by atoms with Crippen LogP contribution in [-0.2, 0) is 32.6 Å². The Morgan fingerprint density at radius 3 is 1.49 bits per heavy atom. The van der Waals surface area contributed by atoms with Gasteiger partial charge in [0.25, 0.3) is 29.5 Å². The quantitative estimate of drug-likeness (QED) is 0.0205. The average molecular weight is 1010 g/mol. The molecule has 31 heteroatoms. The van der Waals surface area contributed by atoms with Crippen molar-refractivity contribution >= 4 is 112 Å². The smallest absolute Gasteiger partial charge is 0.271 e. The van der Waals surface area contributed by atoms with Crippen molar-refractivity contribution in [3.05, 3.63) is 95.7 Å². The SMILES string of the molecule is NC(=O)C(N=C(N)N)NC(=O)C(N=C(N)N)NC(=O)C(N=C(N)N)NC(=O)C(N=C(N)N)NC(=O)C(NC(=O)C(O)N(C/C=C\c1ccccc1)c1ncc(C(Cl)(Cl)Cl)cc1N)c1ccccc1. The van der Waals surface area contributed by atoms with Gasteiger partial charge in [-0.1, -0.05) is 108 Å². The third-order valence-corrected chi connectivity index (χ3v) is 9.02. The van der Waals surface area contributed by atoms with Gasteiger partial charge in [-0.25, -0.2) is 25.0 Å². The molecule has 0 fully saturated rings. The molecule has 68 heavy (non-hydrogen) atoms. The second kappa shape index (κ2) is 24.8. The van der Waals surface area contributed by atoms with Gasteiger partial charge in [0.15, 0.2) is 29.7 Å². The standard InChI is InChI=1S/C37H48Cl3N21O7/c38-37(39,40)18-14-19(41)26(51-15-18)61(13-7-10-16-8-3-1-4-9-16)32(68)31(67)52-20(17-11-5-2-6-12-17)27(63)54-23(58-34(45)46)29(65)56-25(60-36(49)50)30(66)55-24(59-35(47)48)28(64)53-22(21(42)62)57-33(43)44/h1-12,14-15,20,22-25,32,68H,13,41H2,(H2,42,62)(H,52,67)(H,53,64)(H,54,63)(H,55,66)(H,56,65)(H4,43,44,57)(H4,45,46,58)(H4,47,48,59)(H4,49,50,60)/b10-7-. The molecule has 364 valence electrons. The summed E-state index contributed by atoms with van der Waals surface area (Å²) < 4.78 is -1.93. The Labute approximate surface area is 401 Å². The lowest BCUT2D eigenvalue weighted by molar-refractivity contribution is -0.136. The van der Waals surface area contributed by atoms with E-state index >= 15 is 0 Å². The number of amides is 6. The molecule has 0 aliphatic carbocycles. The number of nitrogens with one attached hydrogen (secondary N) is 5. The van der Waals surface area contributed by atoms with Gasteiger partial charge in [-0.15, -0.1) is 0 Å². The van der Waals surface area contributed by atoms with Crippen LogP contribution >= 0.6 is 34.8 Å². The maximum absolute atomic E-state index is 14.2. The number of aromatic nitrogens is 1. The van der Waals surface area contributed by atoms with E-state index in [1.807, 2.05) is 16.7 Å². The minimum atomic E-state index is -2.17. The van der Waals surface area contributed by atoms with E-state index in [1.54, 1.807) is 42.5 Å². The number of aliphatic hydroxyl groups is 1. The Kier molecular flexibility index (Phi) is 19.7. The fourth-order valence-electron chi connectivity index (χ4n) is 5.43. The van der Waals surface area contributed by atoms with E-state index < -0.39 is 100 Å². The monoisotopic (exact) mass is 1000 g/mol. The summed E-state index contributed by atoms with van der Waals surface area (Å²) in [6, 6.07) is 16.0. The Hall–Kier alpha value is -8.34. The highest BCUT2D eigenvalue weighted by molar-refractivity contribution is 6.66. The lowest BCUT2D eigenvalue weighted by atomic mass is 10.1. The van der Waals surface area contributed by atoms with Gasteiger partial charge in [-0.05, 0) is 17.2 Å². The molecule has 0 aliphatic rings. The van der Waals surface area contributed by atoms with Crippen molar-refractivity contribution in [2.45, 2.75) is 40.7 Å². The van der Waals surface area contributed by atoms with E-state index in [-0.39, 0.29) is 29.2 Å². The normalized spacial score (nSPS) is 13.6. The molecule has 6 atom stereocenters. The number of aliphatic imine (C=N–C) groups is 4. The number of carbonyl (C=O) groups is 6. The summed E-state index contributed by atoms with van der Waals surface area (Å²) in [5.41, 5.74) is 55.9. The number of pyridine rings is 1. The van der Waals surface area contributed by atoms with Crippen molar-refractivity contribution in [2.24, 2.45) is 71.6 Å². The van der Waals surface area contributed by atoms with Crippen molar-refractivity contribution in [1.82, 2.24) is 31.6 Å². The Balaban J connectivity index is 1.97. The van der Waals surface area contributed by atoms with Crippen LogP contribution in [0.15, 0.2) is 99.0 Å². The molecule has 3 rings (SSSR count). The summed E-state index contributed by atoms with van der Waals surface area (Å²) in [5.74, 6) is -10.8. The summed E-state index contributed by atoms with van der Waals surface area (Å²) in [7, 11) is 0. The molecular formula is C37H48Cl3N21O7. The third-order valence-electron chi connectivity index (χ3n) is 8.36. The minimum Gasteiger partial charge on any atom is -0.396 e. The Bertz CT molecular complexity index is 2440. The predicted octanol–water partition coefficient (Wildman–Crippen LogP) is -5.47. The van der Waals surface area contributed by atoms with Crippen LogP contribution in [0.5, 0.6) is 0 Å². The molecule has 3 aromatic rings. The van der Waals surface area contributed by atoms with Crippen LogP contribution in [0.2, 0.25) is 0 Å². The number of nitrogens with zero attached hydrogens (tertiary/aromatic N) is 6. The Morgan fingerprint density at radius 2 is 1.06 bits per heavy atom. The number of alkyl halides is 3. The zero-order valence-electron chi connectivity index (χ0n) is 35.2. The molecule has 6 amide bonds. The van der Waals surface area contributed by atoms with Crippen LogP contribution in [0.4, 0.5) is 11.5 Å². The van der Waals surface area contributed by atoms with E-state index in [0.717, 1.165) is 10.5 Å². The minimum absolute atomic E-state index is 0.0752. The topological polar surface area (TPSA) is 509 Å². The maximum atomic E-state index is 14.2. The van der Waals surface area contributed by atoms with Gasteiger partial charge >= 0.3 is 0 Å². The molecule has 0 aliphatic heterocycles. The summed E-state index contributed by atoms with van der Waals surface area (Å²) >= 11 is 18.1. The third kappa shape index (κ3) is 16.9. The molecule has 0 saturated heterocycles. The van der Waals surface area contributed by atoms with Gasteiger partial charge in [0.1, 0.15) is 6.04 Å². The van der Waals surface area contributed by atoms with E-state index in [2.05, 4.69) is 40.9 Å². The number of aliphatic hydroxyl groups excluding tert-OH is 1. The highest BCUT2D eigenvalue weighted by atomic mass is 35.6. The fourth-order valence-corrected chi connectivity index (χ4v) is 5.74. The van der Waals surface area contributed by atoms with Gasteiger partial charge in [-0.2, -0.15) is 0 Å². The van der Waals surface area contributed by atoms with E-state index in [9.17, 15) is 33.9 Å². The molecule has 0 radical (unpaired) electrons. The Morgan fingerprint density at radius 1 is 0.632 bits per heavy atom. The lowest BCUT2D eigenvalue weighted by Crippen LogP contribution is -2.58. The number of rotatable bonds is 21. The van der Waals surface area contributed by atoms with Crippen LogP contribution in [0.1, 0.15) is 22.7 Å². The van der Waals surface area contributed by atoms with Crippen molar-refractivity contribution in [2.75, 3.05) is 17.2 Å². The lowest BCUT2D eigenvalue weighted by Gasteiger charge is -2.30. The van der Waals surface area contributed by atoms with Crippen LogP contribution in [0.3, 0.4) is 0 Å². The van der Waals surface area contributed by atoms with Crippen LogP contribution in [0, 0.1) is 0 Å². The number of carbonyl (C=O) groups excluding carboxylic acids is 6. The number of halogens is 3. The molecule has 0 spiro atoms. The molecular weight excluding hydrogens is 957 g/mol. The number of hydrogen-bond acceptors (Lipinski definition) is 14. The zero-order valence-corrected chi connectivity index (χ0v) is 37.5. The van der Waals surface area contributed by atoms with Crippen molar-refractivity contribution in [3.8, 4) is 0 Å². The summed E-state index contributed by atoms with van der Waals surface area (Å²) in [5, 5.41) is 22.4. The van der Waals surface area contributed by atoms with Gasteiger partial charge in [-0.3, -0.25) is 28.8 Å². The van der Waals surface area contributed by atoms with Crippen LogP contribution in [-0.4, -0.2) is 107 Å². The van der Waals surface area contributed by atoms with E-state index in [0.29, 0.717) is 0 Å². The second-order valence-corrected chi connectivity index (χ2v) is 15.9. The first-order chi connectivity index (χ1) is 31.9. The van der Waals surface area contributed by atoms with Gasteiger partial charge < -0.3 is 93.9 Å². The van der Waals surface area contributed by atoms with Crippen molar-refractivity contribution < 1.29 is 33.9 Å². The van der Waals surface area contributed by atoms with E-state index in [4.69, 9.17) is 92.1 Å². The predicted molar refractivity (Wildman–Crippen MR) is 254 cm³/mol. The fraction of sp³-hybridized carbons (Fsp3) is 0.216. The van der Waals surface area contributed by atoms with E-state index in [1.165, 1.54) is 36.5 Å². The molecule has 1 aromatic heterocycles. The number of guanidine groups is 4. The number of nitrogens with two attached hydrogens (primary N) is 10. The molecule has 28 nitrogen and oxygen atoms in total. The highest BCUT2D eigenvalue weighted by Gasteiger charge is 2.35. The number of hydrogen-bond donors (Lipinski definition) is 16. The van der Waals surface area contributed by atoms with Gasteiger partial charge in [0.05, 0.1) is 5.69 Å². The molecule has 6 unspecified atom stereocenters. The number of primary amides is 1. The molecule has 0 bridgehead atoms. The first kappa shape index (κ1) is 54.0. The first-order valence-corrected chi connectivity index (χ1v) is 20.2. The number of benzene rings is 2. The number of anilines is 2. The van der Waals surface area contributed by atoms with Gasteiger partial charge in [0.2, 0.25) is 40.6 Å². The molecule has 26 N–H and O–H groups in total. The van der Waals surface area contributed by atoms with Gasteiger partial charge in [0, 0.05) is 18.3 Å². The van der Waals surface area contributed by atoms with Crippen molar-refractivity contribution in [3.63, 3.8) is 0 Å². The molecule has 1 heterocycles. The molecule has 0 saturated carbocycles. The van der Waals surface area contributed by atoms with Crippen LogP contribution < -0.4 is 88.8 Å². The highest BCUT2D eigenvalue weighted by Crippen LogP contribution is 2.39. The summed E-state index contributed by atoms with van der Waals surface area (Å²) in [6.45, 7) is -0.198. The molecule has 2 aromatic carbocycles. The van der Waals surface area contributed by atoms with Crippen molar-refractivity contribution in [1.29, 1.82) is 0 Å². The average Bonchev–Trinajstić information content (AvgIpc) is 3.25. The maximum Gasteiger partial charge on any atom is 0.271 e. The summed E-state index contributed by atoms with van der Waals surface area (Å²) in [6.07, 6.45) is -5.91. The first-order valence-electron chi connectivity index (χ1n) is 19.1. The van der Waals surface area contributed by atoms with Crippen LogP contribution in [0.25, 0.3) is 6.08 Å².